The van der Waals surface area contributed by atoms with Crippen molar-refractivity contribution in [2.75, 3.05) is 25.1 Å². The van der Waals surface area contributed by atoms with Gasteiger partial charge in [-0.1, -0.05) is 25.1 Å². The van der Waals surface area contributed by atoms with Crippen molar-refractivity contribution in [3.8, 4) is 0 Å². The van der Waals surface area contributed by atoms with Crippen molar-refractivity contribution >= 4 is 11.8 Å². The molecule has 0 aliphatic carbocycles. The molecule has 96 valence electrons. The summed E-state index contributed by atoms with van der Waals surface area (Å²) in [6, 6.07) is 7.11. The van der Waals surface area contributed by atoms with Crippen LogP contribution >= 0.6 is 11.8 Å². The Morgan fingerprint density at radius 1 is 1.35 bits per heavy atom. The van der Waals surface area contributed by atoms with Crippen LogP contribution in [0.4, 0.5) is 4.39 Å². The van der Waals surface area contributed by atoms with E-state index in [9.17, 15) is 4.39 Å². The fourth-order valence-electron chi connectivity index (χ4n) is 1.88. The van der Waals surface area contributed by atoms with Crippen LogP contribution in [0.3, 0.4) is 0 Å². The summed E-state index contributed by atoms with van der Waals surface area (Å²) >= 11 is 1.86. The maximum atomic E-state index is 13.6. The van der Waals surface area contributed by atoms with E-state index in [1.54, 1.807) is 12.1 Å². The number of nitrogens with one attached hydrogen (secondary N) is 1. The van der Waals surface area contributed by atoms with E-state index < -0.39 is 0 Å². The number of halogens is 1. The Labute approximate surface area is 108 Å². The fraction of sp³-hybridized carbons (Fsp3) is 0.571. The molecule has 1 N–H and O–H groups in total. The molecule has 17 heavy (non-hydrogen) atoms. The lowest BCUT2D eigenvalue weighted by molar-refractivity contribution is 0.460. The molecule has 0 bridgehead atoms. The van der Waals surface area contributed by atoms with Gasteiger partial charge in [0, 0.05) is 0 Å². The summed E-state index contributed by atoms with van der Waals surface area (Å²) in [5.41, 5.74) is 0.844. The quantitative estimate of drug-likeness (QED) is 0.764. The lowest BCUT2D eigenvalue weighted by Gasteiger charge is -2.17. The van der Waals surface area contributed by atoms with Crippen LogP contribution < -0.4 is 5.32 Å². The van der Waals surface area contributed by atoms with Crippen LogP contribution in [0.2, 0.25) is 0 Å². The molecule has 3 heteroatoms. The van der Waals surface area contributed by atoms with Crippen molar-refractivity contribution in [3.05, 3.63) is 35.6 Å². The Hall–Kier alpha value is -0.540. The van der Waals surface area contributed by atoms with E-state index in [1.807, 2.05) is 23.9 Å². The maximum absolute atomic E-state index is 13.6. The highest BCUT2D eigenvalue weighted by Gasteiger charge is 2.11. The fourth-order valence-corrected chi connectivity index (χ4v) is 2.45. The van der Waals surface area contributed by atoms with Crippen LogP contribution in [0.25, 0.3) is 0 Å². The normalized spacial score (nSPS) is 12.6. The molecular formula is C14H22FNS. The van der Waals surface area contributed by atoms with Crippen LogP contribution in [0.15, 0.2) is 24.3 Å². The largest absolute Gasteiger partial charge is 0.317 e. The summed E-state index contributed by atoms with van der Waals surface area (Å²) in [5, 5.41) is 3.37. The molecule has 0 aliphatic rings. The molecule has 1 atom stereocenters. The Balaban J connectivity index is 2.55. The van der Waals surface area contributed by atoms with E-state index in [-0.39, 0.29) is 5.82 Å². The van der Waals surface area contributed by atoms with E-state index in [0.29, 0.717) is 5.92 Å². The number of thioether (sulfide) groups is 1. The zero-order valence-electron chi connectivity index (χ0n) is 10.7. The highest BCUT2D eigenvalue weighted by Crippen LogP contribution is 2.16. The van der Waals surface area contributed by atoms with Gasteiger partial charge >= 0.3 is 0 Å². The van der Waals surface area contributed by atoms with Gasteiger partial charge in [-0.05, 0) is 55.5 Å². The summed E-state index contributed by atoms with van der Waals surface area (Å²) in [5.74, 6) is 1.60. The van der Waals surface area contributed by atoms with Crippen LogP contribution in [-0.4, -0.2) is 25.1 Å². The zero-order chi connectivity index (χ0) is 12.5. The third-order valence-corrected chi connectivity index (χ3v) is 3.52. The molecule has 0 spiro atoms. The Morgan fingerprint density at radius 3 is 2.76 bits per heavy atom. The van der Waals surface area contributed by atoms with Gasteiger partial charge in [-0.25, -0.2) is 4.39 Å². The second-order valence-corrected chi connectivity index (χ2v) is 5.24. The average molecular weight is 255 g/mol. The van der Waals surface area contributed by atoms with Crippen molar-refractivity contribution < 1.29 is 4.39 Å². The van der Waals surface area contributed by atoms with E-state index in [4.69, 9.17) is 0 Å². The first-order chi connectivity index (χ1) is 8.27. The number of hydrogen-bond donors (Lipinski definition) is 1. The average Bonchev–Trinajstić information content (AvgIpc) is 2.35. The minimum Gasteiger partial charge on any atom is -0.317 e. The number of hydrogen-bond acceptors (Lipinski definition) is 2. The molecule has 0 radical (unpaired) electrons. The van der Waals surface area contributed by atoms with Crippen molar-refractivity contribution in [3.63, 3.8) is 0 Å². The van der Waals surface area contributed by atoms with Crippen molar-refractivity contribution in [1.29, 1.82) is 0 Å². The molecule has 1 aromatic rings. The molecule has 1 unspecified atom stereocenters. The molecule has 0 saturated heterocycles. The van der Waals surface area contributed by atoms with Crippen molar-refractivity contribution in [2.45, 2.75) is 19.8 Å². The molecule has 0 amide bonds. The molecule has 0 heterocycles. The smallest absolute Gasteiger partial charge is 0.126 e. The van der Waals surface area contributed by atoms with E-state index in [0.717, 1.165) is 37.2 Å². The summed E-state index contributed by atoms with van der Waals surface area (Å²) in [7, 11) is 0. The Kier molecular flexibility index (Phi) is 7.29. The lowest BCUT2D eigenvalue weighted by atomic mass is 9.96. The van der Waals surface area contributed by atoms with Gasteiger partial charge < -0.3 is 5.32 Å². The molecule has 1 nitrogen and oxygen atoms in total. The van der Waals surface area contributed by atoms with Gasteiger partial charge in [-0.2, -0.15) is 11.8 Å². The number of benzene rings is 1. The number of rotatable bonds is 8. The van der Waals surface area contributed by atoms with Gasteiger partial charge in [-0.15, -0.1) is 0 Å². The zero-order valence-corrected chi connectivity index (χ0v) is 11.5. The molecule has 0 aromatic heterocycles. The molecular weight excluding hydrogens is 233 g/mol. The van der Waals surface area contributed by atoms with Crippen molar-refractivity contribution in [2.24, 2.45) is 5.92 Å². The van der Waals surface area contributed by atoms with Crippen LogP contribution in [0.1, 0.15) is 18.9 Å². The third kappa shape index (κ3) is 5.55. The second kappa shape index (κ2) is 8.54. The Morgan fingerprint density at radius 2 is 2.12 bits per heavy atom. The highest BCUT2D eigenvalue weighted by atomic mass is 32.2. The van der Waals surface area contributed by atoms with Crippen molar-refractivity contribution in [1.82, 2.24) is 5.32 Å². The van der Waals surface area contributed by atoms with E-state index in [1.165, 1.54) is 0 Å². The van der Waals surface area contributed by atoms with Crippen LogP contribution in [0.5, 0.6) is 0 Å². The van der Waals surface area contributed by atoms with E-state index >= 15 is 0 Å². The second-order valence-electron chi connectivity index (χ2n) is 4.25. The highest BCUT2D eigenvalue weighted by molar-refractivity contribution is 7.98. The molecule has 0 aliphatic heterocycles. The van der Waals surface area contributed by atoms with Crippen LogP contribution in [-0.2, 0) is 6.42 Å². The first-order valence-electron chi connectivity index (χ1n) is 6.21. The molecule has 0 saturated carbocycles. The third-order valence-electron chi connectivity index (χ3n) is 2.88. The standard InChI is InChI=1S/C14H22FNS/c1-3-16-11-12(8-9-17-2)10-13-6-4-5-7-14(13)15/h4-7,12,16H,3,8-11H2,1-2H3. The van der Waals surface area contributed by atoms with Gasteiger partial charge in [-0.3, -0.25) is 0 Å². The minimum atomic E-state index is -0.0712. The Bertz CT molecular complexity index is 309. The lowest BCUT2D eigenvalue weighted by Crippen LogP contribution is -2.24. The van der Waals surface area contributed by atoms with Gasteiger partial charge in [0.05, 0.1) is 0 Å². The predicted molar refractivity (Wildman–Crippen MR) is 75.1 cm³/mol. The summed E-state index contributed by atoms with van der Waals surface area (Å²) in [4.78, 5) is 0. The summed E-state index contributed by atoms with van der Waals surface area (Å²) in [6.07, 6.45) is 4.09. The van der Waals surface area contributed by atoms with E-state index in [2.05, 4.69) is 18.5 Å². The minimum absolute atomic E-state index is 0.0712. The molecule has 0 fully saturated rings. The van der Waals surface area contributed by atoms with Gasteiger partial charge in [0.1, 0.15) is 5.82 Å². The maximum Gasteiger partial charge on any atom is 0.126 e. The van der Waals surface area contributed by atoms with Gasteiger partial charge in [0.15, 0.2) is 0 Å². The monoisotopic (exact) mass is 255 g/mol. The van der Waals surface area contributed by atoms with Gasteiger partial charge in [0.2, 0.25) is 0 Å². The van der Waals surface area contributed by atoms with Gasteiger partial charge in [0.25, 0.3) is 0 Å². The SMILES string of the molecule is CCNCC(CCSC)Cc1ccccc1F. The first-order valence-corrected chi connectivity index (χ1v) is 7.60. The molecule has 1 aromatic carbocycles. The summed E-state index contributed by atoms with van der Waals surface area (Å²) in [6.45, 7) is 4.06. The predicted octanol–water partition coefficient (Wildman–Crippen LogP) is 3.35. The topological polar surface area (TPSA) is 12.0 Å². The first kappa shape index (κ1) is 14.5. The summed E-state index contributed by atoms with van der Waals surface area (Å²) < 4.78 is 13.6. The van der Waals surface area contributed by atoms with Crippen LogP contribution in [0, 0.1) is 11.7 Å². The molecule has 1 rings (SSSR count).